The number of aromatic nitrogens is 2. The SMILES string of the molecule is CN(CCc1ccccn1)C(=O)c1cncc(O)c1. The summed E-state index contributed by atoms with van der Waals surface area (Å²) >= 11 is 0. The first-order valence-corrected chi connectivity index (χ1v) is 5.96. The van der Waals surface area contributed by atoms with Crippen LogP contribution in [0.5, 0.6) is 5.75 Å². The molecular weight excluding hydrogens is 242 g/mol. The minimum absolute atomic E-state index is 0.0102. The average Bonchev–Trinajstić information content (AvgIpc) is 2.45. The molecule has 0 unspecified atom stereocenters. The van der Waals surface area contributed by atoms with Crippen molar-refractivity contribution in [2.45, 2.75) is 6.42 Å². The third kappa shape index (κ3) is 3.51. The molecule has 1 amide bonds. The van der Waals surface area contributed by atoms with Crippen molar-refractivity contribution >= 4 is 5.91 Å². The predicted molar refractivity (Wildman–Crippen MR) is 70.8 cm³/mol. The summed E-state index contributed by atoms with van der Waals surface area (Å²) < 4.78 is 0. The highest BCUT2D eigenvalue weighted by atomic mass is 16.3. The van der Waals surface area contributed by atoms with Gasteiger partial charge in [-0.1, -0.05) is 6.07 Å². The van der Waals surface area contributed by atoms with E-state index in [1.807, 2.05) is 18.2 Å². The van der Waals surface area contributed by atoms with Crippen LogP contribution in [0.25, 0.3) is 0 Å². The lowest BCUT2D eigenvalue weighted by Gasteiger charge is -2.16. The molecule has 2 heterocycles. The Morgan fingerprint density at radius 1 is 1.37 bits per heavy atom. The Hall–Kier alpha value is -2.43. The van der Waals surface area contributed by atoms with Crippen molar-refractivity contribution in [3.05, 3.63) is 54.1 Å². The number of aromatic hydroxyl groups is 1. The Kier molecular flexibility index (Phi) is 4.07. The van der Waals surface area contributed by atoms with Gasteiger partial charge in [-0.2, -0.15) is 0 Å². The molecule has 98 valence electrons. The summed E-state index contributed by atoms with van der Waals surface area (Å²) in [5, 5.41) is 9.31. The predicted octanol–water partition coefficient (Wildman–Crippen LogP) is 1.50. The number of nitrogens with zero attached hydrogens (tertiary/aromatic N) is 3. The lowest BCUT2D eigenvalue weighted by Crippen LogP contribution is -2.29. The Morgan fingerprint density at radius 2 is 2.21 bits per heavy atom. The first-order valence-electron chi connectivity index (χ1n) is 5.96. The van der Waals surface area contributed by atoms with Gasteiger partial charge in [0.15, 0.2) is 0 Å². The maximum absolute atomic E-state index is 12.1. The van der Waals surface area contributed by atoms with Crippen molar-refractivity contribution in [2.24, 2.45) is 0 Å². The van der Waals surface area contributed by atoms with E-state index in [0.717, 1.165) is 5.69 Å². The van der Waals surface area contributed by atoms with E-state index in [-0.39, 0.29) is 11.7 Å². The number of amides is 1. The molecule has 0 aliphatic carbocycles. The topological polar surface area (TPSA) is 66.3 Å². The van der Waals surface area contributed by atoms with Crippen molar-refractivity contribution in [1.82, 2.24) is 14.9 Å². The Balaban J connectivity index is 1.96. The fourth-order valence-corrected chi connectivity index (χ4v) is 1.69. The molecule has 1 N–H and O–H groups in total. The van der Waals surface area contributed by atoms with Gasteiger partial charge >= 0.3 is 0 Å². The molecule has 0 saturated heterocycles. The molecule has 19 heavy (non-hydrogen) atoms. The normalized spacial score (nSPS) is 10.2. The van der Waals surface area contributed by atoms with E-state index in [4.69, 9.17) is 0 Å². The number of carbonyl (C=O) groups is 1. The van der Waals surface area contributed by atoms with Crippen LogP contribution in [0.1, 0.15) is 16.1 Å². The van der Waals surface area contributed by atoms with Crippen LogP contribution in [-0.4, -0.2) is 39.5 Å². The van der Waals surface area contributed by atoms with Crippen LogP contribution < -0.4 is 0 Å². The van der Waals surface area contributed by atoms with Gasteiger partial charge in [-0.15, -0.1) is 0 Å². The standard InChI is InChI=1S/C14H15N3O2/c1-17(7-5-12-4-2-3-6-16-12)14(19)11-8-13(18)10-15-9-11/h2-4,6,8-10,18H,5,7H2,1H3. The molecule has 2 rings (SSSR count). The fourth-order valence-electron chi connectivity index (χ4n) is 1.69. The molecule has 0 aromatic carbocycles. The molecule has 0 bridgehead atoms. The molecule has 2 aromatic heterocycles. The van der Waals surface area contributed by atoms with Crippen molar-refractivity contribution in [1.29, 1.82) is 0 Å². The van der Waals surface area contributed by atoms with Crippen LogP contribution in [0.15, 0.2) is 42.9 Å². The van der Waals surface area contributed by atoms with Gasteiger partial charge in [0.1, 0.15) is 5.75 Å². The monoisotopic (exact) mass is 257 g/mol. The Morgan fingerprint density at radius 3 is 2.89 bits per heavy atom. The van der Waals surface area contributed by atoms with Crippen LogP contribution in [0.4, 0.5) is 0 Å². The molecule has 0 saturated carbocycles. The highest BCUT2D eigenvalue weighted by Gasteiger charge is 2.12. The number of pyridine rings is 2. The average molecular weight is 257 g/mol. The third-order valence-electron chi connectivity index (χ3n) is 2.75. The number of likely N-dealkylation sites (N-methyl/N-ethyl adjacent to an activating group) is 1. The van der Waals surface area contributed by atoms with Gasteiger partial charge < -0.3 is 10.0 Å². The molecule has 0 atom stereocenters. The zero-order chi connectivity index (χ0) is 13.7. The van der Waals surface area contributed by atoms with Crippen LogP contribution in [0, 0.1) is 0 Å². The molecule has 5 heteroatoms. The smallest absolute Gasteiger partial charge is 0.255 e. The van der Waals surface area contributed by atoms with Crippen molar-refractivity contribution in [3.63, 3.8) is 0 Å². The van der Waals surface area contributed by atoms with Gasteiger partial charge in [0.2, 0.25) is 0 Å². The summed E-state index contributed by atoms with van der Waals surface area (Å²) in [6, 6.07) is 7.11. The van der Waals surface area contributed by atoms with Crippen LogP contribution >= 0.6 is 0 Å². The van der Waals surface area contributed by atoms with Crippen LogP contribution in [-0.2, 0) is 6.42 Å². The minimum Gasteiger partial charge on any atom is -0.506 e. The van der Waals surface area contributed by atoms with Gasteiger partial charge in [0.25, 0.3) is 5.91 Å². The molecule has 0 spiro atoms. The van der Waals surface area contributed by atoms with Crippen LogP contribution in [0.2, 0.25) is 0 Å². The Bertz CT molecular complexity index is 558. The lowest BCUT2D eigenvalue weighted by atomic mass is 10.2. The second-order valence-corrected chi connectivity index (χ2v) is 4.23. The van der Waals surface area contributed by atoms with E-state index < -0.39 is 0 Å². The fraction of sp³-hybridized carbons (Fsp3) is 0.214. The summed E-state index contributed by atoms with van der Waals surface area (Å²) in [7, 11) is 1.72. The van der Waals surface area contributed by atoms with Crippen molar-refractivity contribution in [3.8, 4) is 5.75 Å². The first-order chi connectivity index (χ1) is 9.16. The number of hydrogen-bond acceptors (Lipinski definition) is 4. The summed E-state index contributed by atoms with van der Waals surface area (Å²) in [4.78, 5) is 21.7. The van der Waals surface area contributed by atoms with Gasteiger partial charge in [0.05, 0.1) is 11.8 Å². The van der Waals surface area contributed by atoms with Gasteiger partial charge in [-0.25, -0.2) is 0 Å². The number of hydrogen-bond donors (Lipinski definition) is 1. The quantitative estimate of drug-likeness (QED) is 0.901. The number of carbonyl (C=O) groups excluding carboxylic acids is 1. The first kappa shape index (κ1) is 13.0. The maximum Gasteiger partial charge on any atom is 0.255 e. The highest BCUT2D eigenvalue weighted by Crippen LogP contribution is 2.10. The number of rotatable bonds is 4. The van der Waals surface area contributed by atoms with Crippen LogP contribution in [0.3, 0.4) is 0 Å². The molecular formula is C14H15N3O2. The second kappa shape index (κ2) is 5.95. The van der Waals surface area contributed by atoms with E-state index in [1.54, 1.807) is 18.1 Å². The summed E-state index contributed by atoms with van der Waals surface area (Å²) in [5.41, 5.74) is 1.32. The molecule has 0 aliphatic heterocycles. The molecule has 0 fully saturated rings. The second-order valence-electron chi connectivity index (χ2n) is 4.23. The maximum atomic E-state index is 12.1. The highest BCUT2D eigenvalue weighted by molar-refractivity contribution is 5.94. The van der Waals surface area contributed by atoms with Gasteiger partial charge in [0, 0.05) is 38.1 Å². The Labute approximate surface area is 111 Å². The summed E-state index contributed by atoms with van der Waals surface area (Å²) in [6.07, 6.45) is 5.16. The summed E-state index contributed by atoms with van der Waals surface area (Å²) in [5.74, 6) is -0.177. The molecule has 0 radical (unpaired) electrons. The largest absolute Gasteiger partial charge is 0.506 e. The molecule has 0 aliphatic rings. The minimum atomic E-state index is -0.167. The van der Waals surface area contributed by atoms with E-state index in [1.165, 1.54) is 18.5 Å². The van der Waals surface area contributed by atoms with Crippen molar-refractivity contribution < 1.29 is 9.90 Å². The third-order valence-corrected chi connectivity index (χ3v) is 2.75. The van der Waals surface area contributed by atoms with E-state index in [9.17, 15) is 9.90 Å². The lowest BCUT2D eigenvalue weighted by molar-refractivity contribution is 0.0795. The summed E-state index contributed by atoms with van der Waals surface area (Å²) in [6.45, 7) is 0.561. The zero-order valence-electron chi connectivity index (χ0n) is 10.7. The molecule has 5 nitrogen and oxygen atoms in total. The van der Waals surface area contributed by atoms with Gasteiger partial charge in [-0.05, 0) is 18.2 Å². The van der Waals surface area contributed by atoms with E-state index in [2.05, 4.69) is 9.97 Å². The van der Waals surface area contributed by atoms with Gasteiger partial charge in [-0.3, -0.25) is 14.8 Å². The van der Waals surface area contributed by atoms with Crippen molar-refractivity contribution in [2.75, 3.05) is 13.6 Å². The molecule has 2 aromatic rings. The zero-order valence-corrected chi connectivity index (χ0v) is 10.7. The van der Waals surface area contributed by atoms with E-state index in [0.29, 0.717) is 18.5 Å². The van der Waals surface area contributed by atoms with E-state index >= 15 is 0 Å².